The molecule has 1 aliphatic rings. The van der Waals surface area contributed by atoms with Crippen molar-refractivity contribution in [2.75, 3.05) is 5.32 Å². The van der Waals surface area contributed by atoms with Gasteiger partial charge in [-0.3, -0.25) is 9.59 Å². The summed E-state index contributed by atoms with van der Waals surface area (Å²) in [6.07, 6.45) is 5.86. The standard InChI is InChI=1S/C27H25N5O2S/c33-23(15-7-14-22-28-18-10-3-1-8-16(18)26(34)31-22)32-27-24(17-9-2-6-13-21(17)35-27)25-29-19-11-4-5-12-20(19)30-25/h1,3-5,8,10-12H,2,6-7,9,13-15H2,(H,29,30)(H,32,33)(H,28,31,34). The number of aryl methyl sites for hydroxylation is 2. The molecular formula is C27H25N5O2S. The van der Waals surface area contributed by atoms with Crippen LogP contribution in [0.4, 0.5) is 5.00 Å². The number of anilines is 1. The number of fused-ring (bicyclic) bond motifs is 3. The molecule has 176 valence electrons. The molecule has 3 aromatic heterocycles. The maximum absolute atomic E-state index is 12.9. The van der Waals surface area contributed by atoms with Crippen molar-refractivity contribution in [3.8, 4) is 11.4 Å². The summed E-state index contributed by atoms with van der Waals surface area (Å²) in [4.78, 5) is 42.2. The molecule has 2 aromatic carbocycles. The van der Waals surface area contributed by atoms with Crippen molar-refractivity contribution in [1.29, 1.82) is 0 Å². The SMILES string of the molecule is O=C(CCCc1nc2ccccc2c(=O)[nH]1)Nc1sc2c(c1-c1nc3ccccc3[nH]1)CCCC2. The van der Waals surface area contributed by atoms with Crippen molar-refractivity contribution in [3.05, 3.63) is 75.1 Å². The number of carbonyl (C=O) groups excluding carboxylic acids is 1. The predicted octanol–water partition coefficient (Wildman–Crippen LogP) is 5.37. The Morgan fingerprint density at radius 1 is 0.971 bits per heavy atom. The largest absolute Gasteiger partial charge is 0.338 e. The van der Waals surface area contributed by atoms with Gasteiger partial charge in [0.05, 0.1) is 27.5 Å². The summed E-state index contributed by atoms with van der Waals surface area (Å²) in [5, 5.41) is 4.62. The number of benzene rings is 2. The Kier molecular flexibility index (Phi) is 5.66. The minimum absolute atomic E-state index is 0.0379. The van der Waals surface area contributed by atoms with Gasteiger partial charge < -0.3 is 15.3 Å². The molecular weight excluding hydrogens is 458 g/mol. The number of H-pyrrole nitrogens is 2. The van der Waals surface area contributed by atoms with E-state index in [2.05, 4.69) is 20.3 Å². The van der Waals surface area contributed by atoms with E-state index in [1.54, 1.807) is 17.4 Å². The quantitative estimate of drug-likeness (QED) is 0.302. The number of nitrogens with one attached hydrogen (secondary N) is 3. The second kappa shape index (κ2) is 9.11. The second-order valence-corrected chi connectivity index (χ2v) is 10.1. The molecule has 8 heteroatoms. The minimum Gasteiger partial charge on any atom is -0.338 e. The van der Waals surface area contributed by atoms with Gasteiger partial charge in [-0.05, 0) is 61.9 Å². The van der Waals surface area contributed by atoms with Gasteiger partial charge in [0.1, 0.15) is 16.6 Å². The molecule has 7 nitrogen and oxygen atoms in total. The Morgan fingerprint density at radius 3 is 2.66 bits per heavy atom. The highest BCUT2D eigenvalue weighted by Crippen LogP contribution is 2.43. The molecule has 0 spiro atoms. The topological polar surface area (TPSA) is 104 Å². The van der Waals surface area contributed by atoms with Gasteiger partial charge in [0.2, 0.25) is 5.91 Å². The summed E-state index contributed by atoms with van der Waals surface area (Å²) in [6, 6.07) is 15.3. The van der Waals surface area contributed by atoms with Crippen LogP contribution < -0.4 is 10.9 Å². The first-order valence-electron chi connectivity index (χ1n) is 12.0. The normalized spacial score (nSPS) is 13.3. The smallest absolute Gasteiger partial charge is 0.258 e. The molecule has 0 unspecified atom stereocenters. The van der Waals surface area contributed by atoms with Gasteiger partial charge in [-0.15, -0.1) is 11.3 Å². The zero-order chi connectivity index (χ0) is 23.8. The number of aromatic amines is 2. The molecule has 35 heavy (non-hydrogen) atoms. The number of amides is 1. The molecule has 0 fully saturated rings. The Balaban J connectivity index is 1.20. The van der Waals surface area contributed by atoms with Crippen LogP contribution in [0.25, 0.3) is 33.3 Å². The van der Waals surface area contributed by atoms with E-state index in [1.807, 2.05) is 42.5 Å². The third-order valence-corrected chi connectivity index (χ3v) is 7.74. The molecule has 0 atom stereocenters. The van der Waals surface area contributed by atoms with Crippen LogP contribution in [0.15, 0.2) is 53.3 Å². The van der Waals surface area contributed by atoms with Gasteiger partial charge in [0, 0.05) is 17.7 Å². The van der Waals surface area contributed by atoms with Crippen LogP contribution in [-0.2, 0) is 24.1 Å². The zero-order valence-electron chi connectivity index (χ0n) is 19.2. The van der Waals surface area contributed by atoms with Crippen LogP contribution >= 0.6 is 11.3 Å². The highest BCUT2D eigenvalue weighted by Gasteiger charge is 2.25. The second-order valence-electron chi connectivity index (χ2n) is 8.95. The fraction of sp³-hybridized carbons (Fsp3) is 0.259. The van der Waals surface area contributed by atoms with Crippen molar-refractivity contribution >= 4 is 44.2 Å². The summed E-state index contributed by atoms with van der Waals surface area (Å²) in [7, 11) is 0. The maximum Gasteiger partial charge on any atom is 0.258 e. The van der Waals surface area contributed by atoms with Crippen LogP contribution in [0.3, 0.4) is 0 Å². The lowest BCUT2D eigenvalue weighted by atomic mass is 9.95. The van der Waals surface area contributed by atoms with E-state index >= 15 is 0 Å². The van der Waals surface area contributed by atoms with E-state index in [-0.39, 0.29) is 11.5 Å². The average Bonchev–Trinajstić information content (AvgIpc) is 3.44. The van der Waals surface area contributed by atoms with Crippen molar-refractivity contribution in [3.63, 3.8) is 0 Å². The number of hydrogen-bond acceptors (Lipinski definition) is 5. The number of thiophene rings is 1. The third kappa shape index (κ3) is 4.25. The number of para-hydroxylation sites is 3. The fourth-order valence-corrected chi connectivity index (χ4v) is 6.14. The Morgan fingerprint density at radius 2 is 1.77 bits per heavy atom. The van der Waals surface area contributed by atoms with Gasteiger partial charge >= 0.3 is 0 Å². The van der Waals surface area contributed by atoms with E-state index in [1.165, 1.54) is 16.9 Å². The van der Waals surface area contributed by atoms with E-state index in [0.717, 1.165) is 46.7 Å². The molecule has 3 N–H and O–H groups in total. The highest BCUT2D eigenvalue weighted by atomic mass is 32.1. The number of nitrogens with zero attached hydrogens (tertiary/aromatic N) is 2. The minimum atomic E-state index is -0.144. The summed E-state index contributed by atoms with van der Waals surface area (Å²) in [5.41, 5.74) is 4.80. The van der Waals surface area contributed by atoms with Crippen LogP contribution in [0, 0.1) is 0 Å². The summed E-state index contributed by atoms with van der Waals surface area (Å²) >= 11 is 1.68. The lowest BCUT2D eigenvalue weighted by Gasteiger charge is -2.12. The third-order valence-electron chi connectivity index (χ3n) is 6.53. The van der Waals surface area contributed by atoms with E-state index in [0.29, 0.717) is 36.0 Å². The first-order chi connectivity index (χ1) is 17.2. The summed E-state index contributed by atoms with van der Waals surface area (Å²) in [6.45, 7) is 0. The van der Waals surface area contributed by atoms with Crippen molar-refractivity contribution in [2.24, 2.45) is 0 Å². The molecule has 0 aliphatic heterocycles. The number of imidazole rings is 1. The molecule has 0 radical (unpaired) electrons. The van der Waals surface area contributed by atoms with Crippen LogP contribution in [0.1, 0.15) is 41.9 Å². The zero-order valence-corrected chi connectivity index (χ0v) is 20.0. The van der Waals surface area contributed by atoms with Crippen LogP contribution in [0.5, 0.6) is 0 Å². The fourth-order valence-electron chi connectivity index (χ4n) is 4.83. The van der Waals surface area contributed by atoms with Gasteiger partial charge in [-0.25, -0.2) is 9.97 Å². The van der Waals surface area contributed by atoms with Gasteiger partial charge in [-0.2, -0.15) is 0 Å². The molecule has 3 heterocycles. The van der Waals surface area contributed by atoms with Gasteiger partial charge in [-0.1, -0.05) is 24.3 Å². The number of carbonyl (C=O) groups is 1. The molecule has 0 saturated carbocycles. The highest BCUT2D eigenvalue weighted by molar-refractivity contribution is 7.17. The van der Waals surface area contributed by atoms with E-state index in [4.69, 9.17) is 4.98 Å². The van der Waals surface area contributed by atoms with E-state index < -0.39 is 0 Å². The molecule has 0 saturated heterocycles. The predicted molar refractivity (Wildman–Crippen MR) is 140 cm³/mol. The Hall–Kier alpha value is -3.78. The molecule has 5 aromatic rings. The number of rotatable bonds is 6. The summed E-state index contributed by atoms with van der Waals surface area (Å²) in [5.74, 6) is 1.39. The lowest BCUT2D eigenvalue weighted by molar-refractivity contribution is -0.116. The lowest BCUT2D eigenvalue weighted by Crippen LogP contribution is -2.14. The van der Waals surface area contributed by atoms with Crippen molar-refractivity contribution in [2.45, 2.75) is 44.9 Å². The monoisotopic (exact) mass is 483 g/mol. The molecule has 1 aliphatic carbocycles. The van der Waals surface area contributed by atoms with Gasteiger partial charge in [0.25, 0.3) is 5.56 Å². The van der Waals surface area contributed by atoms with Crippen molar-refractivity contribution in [1.82, 2.24) is 19.9 Å². The molecule has 1 amide bonds. The van der Waals surface area contributed by atoms with E-state index in [9.17, 15) is 9.59 Å². The Labute approximate surface area is 205 Å². The van der Waals surface area contributed by atoms with Crippen LogP contribution in [-0.4, -0.2) is 25.8 Å². The van der Waals surface area contributed by atoms with Crippen molar-refractivity contribution < 1.29 is 4.79 Å². The molecule has 6 rings (SSSR count). The molecule has 0 bridgehead atoms. The number of hydrogen-bond donors (Lipinski definition) is 3. The maximum atomic E-state index is 12.9. The number of aromatic nitrogens is 4. The summed E-state index contributed by atoms with van der Waals surface area (Å²) < 4.78 is 0. The van der Waals surface area contributed by atoms with Crippen LogP contribution in [0.2, 0.25) is 0 Å². The average molecular weight is 484 g/mol. The first kappa shape index (κ1) is 21.7. The first-order valence-corrected chi connectivity index (χ1v) is 12.8. The Bertz CT molecular complexity index is 1580. The van der Waals surface area contributed by atoms with Gasteiger partial charge in [0.15, 0.2) is 0 Å².